The van der Waals surface area contributed by atoms with Gasteiger partial charge in [-0.15, -0.1) is 0 Å². The summed E-state index contributed by atoms with van der Waals surface area (Å²) in [5.41, 5.74) is 6.24. The second kappa shape index (κ2) is 8.40. The van der Waals surface area contributed by atoms with Crippen LogP contribution in [0, 0.1) is 11.8 Å². The Morgan fingerprint density at radius 2 is 1.66 bits per heavy atom. The maximum Gasteiger partial charge on any atom is 0.286 e. The van der Waals surface area contributed by atoms with Gasteiger partial charge < -0.3 is 15.5 Å². The molecule has 0 spiro atoms. The molecule has 8 nitrogen and oxygen atoms in total. The van der Waals surface area contributed by atoms with E-state index in [1.807, 2.05) is 13.8 Å². The Kier molecular flexibility index (Phi) is 5.79. The minimum atomic E-state index is -3.64. The third-order valence-electron chi connectivity index (χ3n) is 5.65. The lowest BCUT2D eigenvalue weighted by Crippen LogP contribution is -2.42. The van der Waals surface area contributed by atoms with Crippen molar-refractivity contribution in [1.29, 1.82) is 0 Å². The van der Waals surface area contributed by atoms with Crippen LogP contribution < -0.4 is 11.1 Å². The summed E-state index contributed by atoms with van der Waals surface area (Å²) in [5, 5.41) is 3.21. The van der Waals surface area contributed by atoms with Gasteiger partial charge in [0.1, 0.15) is 11.3 Å². The van der Waals surface area contributed by atoms with Crippen LogP contribution in [0.25, 0.3) is 11.0 Å². The lowest BCUT2D eigenvalue weighted by Gasteiger charge is -2.34. The van der Waals surface area contributed by atoms with E-state index in [2.05, 4.69) is 5.32 Å². The number of nitrogens with one attached hydrogen (secondary N) is 1. The van der Waals surface area contributed by atoms with Gasteiger partial charge in [0.2, 0.25) is 15.8 Å². The number of anilines is 1. The quantitative estimate of drug-likeness (QED) is 0.610. The highest BCUT2D eigenvalue weighted by atomic mass is 32.2. The van der Waals surface area contributed by atoms with Crippen LogP contribution in [0.2, 0.25) is 0 Å². The van der Waals surface area contributed by atoms with Gasteiger partial charge in [-0.2, -0.15) is 4.31 Å². The summed E-state index contributed by atoms with van der Waals surface area (Å²) < 4.78 is 33.1. The monoisotopic (exact) mass is 455 g/mol. The van der Waals surface area contributed by atoms with Crippen LogP contribution in [0.5, 0.6) is 0 Å². The van der Waals surface area contributed by atoms with Gasteiger partial charge in [-0.1, -0.05) is 26.0 Å². The number of hydrogen-bond acceptors (Lipinski definition) is 5. The molecule has 1 saturated heterocycles. The smallest absolute Gasteiger partial charge is 0.286 e. The average molecular weight is 456 g/mol. The lowest BCUT2D eigenvalue weighted by molar-refractivity contribution is 0.0977. The van der Waals surface area contributed by atoms with Gasteiger partial charge in [0, 0.05) is 24.0 Å². The molecule has 1 aliphatic rings. The molecule has 32 heavy (non-hydrogen) atoms. The molecule has 0 aliphatic carbocycles. The normalized spacial score (nSPS) is 19.7. The number of carbonyl (C=O) groups excluding carboxylic acids is 2. The summed E-state index contributed by atoms with van der Waals surface area (Å²) in [7, 11) is -3.64. The number of nitrogens with zero attached hydrogens (tertiary/aromatic N) is 1. The third kappa shape index (κ3) is 4.13. The fourth-order valence-electron chi connectivity index (χ4n) is 4.26. The van der Waals surface area contributed by atoms with Crippen LogP contribution in [0.4, 0.5) is 5.69 Å². The summed E-state index contributed by atoms with van der Waals surface area (Å²) in [6.45, 7) is 5.06. The Bertz CT molecular complexity index is 1270. The molecule has 2 heterocycles. The first-order chi connectivity index (χ1) is 15.2. The van der Waals surface area contributed by atoms with E-state index in [1.54, 1.807) is 24.3 Å². The zero-order valence-corrected chi connectivity index (χ0v) is 18.7. The predicted molar refractivity (Wildman–Crippen MR) is 121 cm³/mol. The number of hydrogen-bond donors (Lipinski definition) is 2. The number of benzene rings is 2. The Morgan fingerprint density at radius 1 is 1.03 bits per heavy atom. The molecule has 1 aromatic heterocycles. The van der Waals surface area contributed by atoms with Crippen LogP contribution in [0.15, 0.2) is 57.8 Å². The number of carbonyl (C=O) groups is 2. The summed E-state index contributed by atoms with van der Waals surface area (Å²) in [6.07, 6.45) is 1.00. The number of rotatable bonds is 5. The van der Waals surface area contributed by atoms with Crippen molar-refractivity contribution < 1.29 is 22.4 Å². The first kappa shape index (κ1) is 22.0. The standard InChI is InChI=1S/C23H25N3O5S/c1-14-11-15(2)13-26(12-14)32(29,30)17-9-7-16(8-10-17)23(28)25-20-18-5-3-4-6-19(18)31-21(20)22(24)27/h3-10,14-15H,11-13H2,1-2H3,(H2,24,27)(H,25,28)/t14-,15+. The molecule has 0 unspecified atom stereocenters. The minimum Gasteiger partial charge on any atom is -0.449 e. The average Bonchev–Trinajstić information content (AvgIpc) is 3.12. The van der Waals surface area contributed by atoms with Crippen molar-refractivity contribution in [3.05, 3.63) is 59.9 Å². The summed E-state index contributed by atoms with van der Waals surface area (Å²) in [6, 6.07) is 12.6. The number of furan rings is 1. The van der Waals surface area contributed by atoms with E-state index in [4.69, 9.17) is 10.2 Å². The highest BCUT2D eigenvalue weighted by molar-refractivity contribution is 7.89. The SMILES string of the molecule is C[C@@H]1C[C@H](C)CN(S(=O)(=O)c2ccc(C(=O)Nc3c(C(N)=O)oc4ccccc34)cc2)C1. The minimum absolute atomic E-state index is 0.141. The second-order valence-electron chi connectivity index (χ2n) is 8.41. The van der Waals surface area contributed by atoms with Crippen molar-refractivity contribution in [2.24, 2.45) is 17.6 Å². The van der Waals surface area contributed by atoms with Crippen molar-refractivity contribution >= 4 is 38.5 Å². The van der Waals surface area contributed by atoms with Gasteiger partial charge in [-0.25, -0.2) is 8.42 Å². The maximum atomic E-state index is 13.0. The number of primary amides is 1. The number of sulfonamides is 1. The highest BCUT2D eigenvalue weighted by Crippen LogP contribution is 2.31. The Balaban J connectivity index is 1.58. The zero-order valence-electron chi connectivity index (χ0n) is 17.9. The van der Waals surface area contributed by atoms with E-state index in [0.29, 0.717) is 35.9 Å². The van der Waals surface area contributed by atoms with Crippen molar-refractivity contribution in [3.63, 3.8) is 0 Å². The maximum absolute atomic E-state index is 13.0. The fourth-order valence-corrected chi connectivity index (χ4v) is 5.94. The number of para-hydroxylation sites is 1. The van der Waals surface area contributed by atoms with Crippen LogP contribution in [-0.4, -0.2) is 37.6 Å². The van der Waals surface area contributed by atoms with Gasteiger partial charge in [0.15, 0.2) is 0 Å². The molecule has 4 rings (SSSR count). The molecular formula is C23H25N3O5S. The molecule has 1 fully saturated rings. The Morgan fingerprint density at radius 3 is 2.28 bits per heavy atom. The molecule has 3 N–H and O–H groups in total. The zero-order chi connectivity index (χ0) is 23.0. The summed E-state index contributed by atoms with van der Waals surface area (Å²) in [4.78, 5) is 24.7. The largest absolute Gasteiger partial charge is 0.449 e. The van der Waals surface area contributed by atoms with Gasteiger partial charge in [0.25, 0.3) is 11.8 Å². The third-order valence-corrected chi connectivity index (χ3v) is 7.49. The van der Waals surface area contributed by atoms with Gasteiger partial charge >= 0.3 is 0 Å². The fraction of sp³-hybridized carbons (Fsp3) is 0.304. The van der Waals surface area contributed by atoms with Crippen molar-refractivity contribution in [2.45, 2.75) is 25.2 Å². The molecule has 168 valence electrons. The van der Waals surface area contributed by atoms with Crippen molar-refractivity contribution in [3.8, 4) is 0 Å². The lowest BCUT2D eigenvalue weighted by atomic mass is 9.94. The molecule has 0 bridgehead atoms. The van der Waals surface area contributed by atoms with Crippen molar-refractivity contribution in [1.82, 2.24) is 4.31 Å². The number of amides is 2. The molecule has 0 radical (unpaired) electrons. The summed E-state index contributed by atoms with van der Waals surface area (Å²) >= 11 is 0. The van der Waals surface area contributed by atoms with E-state index >= 15 is 0 Å². The van der Waals surface area contributed by atoms with E-state index in [0.717, 1.165) is 6.42 Å². The second-order valence-corrected chi connectivity index (χ2v) is 10.4. The van der Waals surface area contributed by atoms with E-state index in [-0.39, 0.29) is 21.9 Å². The van der Waals surface area contributed by atoms with E-state index < -0.39 is 21.8 Å². The topological polar surface area (TPSA) is 123 Å². The van der Waals surface area contributed by atoms with Crippen LogP contribution in [-0.2, 0) is 10.0 Å². The van der Waals surface area contributed by atoms with Gasteiger partial charge in [0.05, 0.1) is 4.90 Å². The number of fused-ring (bicyclic) bond motifs is 1. The molecule has 9 heteroatoms. The molecular weight excluding hydrogens is 430 g/mol. The Labute approximate surface area is 186 Å². The number of piperidine rings is 1. The van der Waals surface area contributed by atoms with Crippen LogP contribution in [0.1, 0.15) is 41.2 Å². The number of nitrogens with two attached hydrogens (primary N) is 1. The van der Waals surface area contributed by atoms with Crippen LogP contribution in [0.3, 0.4) is 0 Å². The molecule has 2 atom stereocenters. The van der Waals surface area contributed by atoms with E-state index in [9.17, 15) is 18.0 Å². The van der Waals surface area contributed by atoms with Gasteiger partial charge in [-0.3, -0.25) is 9.59 Å². The molecule has 0 saturated carbocycles. The molecule has 3 aromatic rings. The first-order valence-corrected chi connectivity index (χ1v) is 11.8. The van der Waals surface area contributed by atoms with Gasteiger partial charge in [-0.05, 0) is 54.7 Å². The van der Waals surface area contributed by atoms with Crippen LogP contribution >= 0.6 is 0 Å². The molecule has 1 aliphatic heterocycles. The Hall–Kier alpha value is -3.17. The molecule has 2 aromatic carbocycles. The predicted octanol–water partition coefficient (Wildman–Crippen LogP) is 3.45. The molecule has 2 amide bonds. The highest BCUT2D eigenvalue weighted by Gasteiger charge is 2.31. The van der Waals surface area contributed by atoms with E-state index in [1.165, 1.54) is 28.6 Å². The summed E-state index contributed by atoms with van der Waals surface area (Å²) in [5.74, 6) is -0.871. The first-order valence-electron chi connectivity index (χ1n) is 10.4. The van der Waals surface area contributed by atoms with Crippen molar-refractivity contribution in [2.75, 3.05) is 18.4 Å².